The first-order chi connectivity index (χ1) is 7.76. The number of amides is 1. The van der Waals surface area contributed by atoms with Crippen LogP contribution in [0, 0.1) is 0 Å². The molecule has 0 aliphatic rings. The highest BCUT2D eigenvalue weighted by Gasteiger charge is 2.01. The van der Waals surface area contributed by atoms with Crippen LogP contribution < -0.4 is 5.32 Å². The normalized spacial score (nSPS) is 9.81. The molecule has 0 radical (unpaired) electrons. The van der Waals surface area contributed by atoms with Gasteiger partial charge in [-0.05, 0) is 18.6 Å². The number of aldehydes is 1. The Morgan fingerprint density at radius 1 is 1.38 bits per heavy atom. The second-order valence-corrected chi connectivity index (χ2v) is 4.37. The van der Waals surface area contributed by atoms with E-state index in [-0.39, 0.29) is 5.91 Å². The van der Waals surface area contributed by atoms with Gasteiger partial charge in [0.05, 0.1) is 5.75 Å². The molecule has 1 rings (SSSR count). The van der Waals surface area contributed by atoms with Crippen LogP contribution in [0.4, 0.5) is 0 Å². The van der Waals surface area contributed by atoms with E-state index in [1.165, 1.54) is 11.8 Å². The lowest BCUT2D eigenvalue weighted by molar-refractivity contribution is -0.118. The van der Waals surface area contributed by atoms with E-state index < -0.39 is 0 Å². The third-order valence-electron chi connectivity index (χ3n) is 1.96. The molecule has 1 N–H and O–H groups in total. The zero-order valence-corrected chi connectivity index (χ0v) is 10.0. The fourth-order valence-electron chi connectivity index (χ4n) is 1.11. The first kappa shape index (κ1) is 12.8. The SMILES string of the molecule is CCCNC(=O)CSc1ccc(C=O)cc1. The summed E-state index contributed by atoms with van der Waals surface area (Å²) in [5.74, 6) is 0.465. The Hall–Kier alpha value is -1.29. The Labute approximate surface area is 99.6 Å². The summed E-state index contributed by atoms with van der Waals surface area (Å²) in [7, 11) is 0. The van der Waals surface area contributed by atoms with Crippen LogP contribution in [0.3, 0.4) is 0 Å². The van der Waals surface area contributed by atoms with Crippen LogP contribution in [0.25, 0.3) is 0 Å². The van der Waals surface area contributed by atoms with Crippen molar-refractivity contribution in [2.24, 2.45) is 0 Å². The number of hydrogen-bond acceptors (Lipinski definition) is 3. The van der Waals surface area contributed by atoms with E-state index in [4.69, 9.17) is 0 Å². The van der Waals surface area contributed by atoms with Crippen LogP contribution >= 0.6 is 11.8 Å². The molecule has 16 heavy (non-hydrogen) atoms. The lowest BCUT2D eigenvalue weighted by Gasteiger charge is -2.03. The minimum atomic E-state index is 0.0475. The first-order valence-electron chi connectivity index (χ1n) is 5.21. The minimum Gasteiger partial charge on any atom is -0.355 e. The molecule has 3 nitrogen and oxygen atoms in total. The van der Waals surface area contributed by atoms with Gasteiger partial charge in [0, 0.05) is 17.0 Å². The Kier molecular flexibility index (Phi) is 5.64. The van der Waals surface area contributed by atoms with Gasteiger partial charge in [0.2, 0.25) is 5.91 Å². The lowest BCUT2D eigenvalue weighted by Crippen LogP contribution is -2.25. The third-order valence-corrected chi connectivity index (χ3v) is 2.97. The van der Waals surface area contributed by atoms with Crippen molar-refractivity contribution in [1.29, 1.82) is 0 Å². The summed E-state index contributed by atoms with van der Waals surface area (Å²) in [5, 5.41) is 2.81. The van der Waals surface area contributed by atoms with Crippen molar-refractivity contribution in [3.63, 3.8) is 0 Å². The van der Waals surface area contributed by atoms with Gasteiger partial charge in [0.1, 0.15) is 6.29 Å². The van der Waals surface area contributed by atoms with Crippen LogP contribution in [-0.4, -0.2) is 24.5 Å². The molecule has 0 aliphatic carbocycles. The summed E-state index contributed by atoms with van der Waals surface area (Å²) >= 11 is 1.47. The van der Waals surface area contributed by atoms with E-state index in [0.29, 0.717) is 11.3 Å². The number of nitrogens with one attached hydrogen (secondary N) is 1. The first-order valence-corrected chi connectivity index (χ1v) is 6.19. The highest BCUT2D eigenvalue weighted by molar-refractivity contribution is 8.00. The number of benzene rings is 1. The molecule has 0 fully saturated rings. The summed E-state index contributed by atoms with van der Waals surface area (Å²) in [6.45, 7) is 2.75. The molecule has 0 heterocycles. The number of hydrogen-bond donors (Lipinski definition) is 1. The highest BCUT2D eigenvalue weighted by atomic mass is 32.2. The summed E-state index contributed by atoms with van der Waals surface area (Å²) in [6, 6.07) is 7.20. The van der Waals surface area contributed by atoms with Crippen LogP contribution in [0.5, 0.6) is 0 Å². The predicted molar refractivity (Wildman–Crippen MR) is 65.9 cm³/mol. The van der Waals surface area contributed by atoms with E-state index in [0.717, 1.165) is 24.1 Å². The molecule has 0 atom stereocenters. The van der Waals surface area contributed by atoms with Crippen molar-refractivity contribution in [2.45, 2.75) is 18.2 Å². The standard InChI is InChI=1S/C12H15NO2S/c1-2-7-13-12(15)9-16-11-5-3-10(8-14)4-6-11/h3-6,8H,2,7,9H2,1H3,(H,13,15). The van der Waals surface area contributed by atoms with Gasteiger partial charge in [0.15, 0.2) is 0 Å². The Morgan fingerprint density at radius 2 is 2.06 bits per heavy atom. The van der Waals surface area contributed by atoms with Crippen molar-refractivity contribution < 1.29 is 9.59 Å². The van der Waals surface area contributed by atoms with Gasteiger partial charge in [-0.1, -0.05) is 19.1 Å². The van der Waals surface area contributed by atoms with E-state index in [1.54, 1.807) is 12.1 Å². The van der Waals surface area contributed by atoms with E-state index in [1.807, 2.05) is 19.1 Å². The quantitative estimate of drug-likeness (QED) is 0.609. The third kappa shape index (κ3) is 4.49. The number of carbonyl (C=O) groups excluding carboxylic acids is 2. The van der Waals surface area contributed by atoms with Crippen LogP contribution in [0.1, 0.15) is 23.7 Å². The second kappa shape index (κ2) is 7.06. The molecule has 1 aromatic carbocycles. The molecular weight excluding hydrogens is 222 g/mol. The Morgan fingerprint density at radius 3 is 2.62 bits per heavy atom. The molecule has 4 heteroatoms. The van der Waals surface area contributed by atoms with Crippen LogP contribution in [0.15, 0.2) is 29.2 Å². The molecular formula is C12H15NO2S. The monoisotopic (exact) mass is 237 g/mol. The largest absolute Gasteiger partial charge is 0.355 e. The molecule has 1 aromatic rings. The maximum Gasteiger partial charge on any atom is 0.230 e. The molecule has 0 aromatic heterocycles. The topological polar surface area (TPSA) is 46.2 Å². The van der Waals surface area contributed by atoms with Crippen molar-refractivity contribution in [1.82, 2.24) is 5.32 Å². The van der Waals surface area contributed by atoms with E-state index >= 15 is 0 Å². The van der Waals surface area contributed by atoms with Gasteiger partial charge >= 0.3 is 0 Å². The Balaban J connectivity index is 2.36. The van der Waals surface area contributed by atoms with Gasteiger partial charge in [-0.15, -0.1) is 11.8 Å². The molecule has 0 aliphatic heterocycles. The Bertz CT molecular complexity index is 349. The number of thioether (sulfide) groups is 1. The number of carbonyl (C=O) groups is 2. The zero-order valence-electron chi connectivity index (χ0n) is 9.23. The highest BCUT2D eigenvalue weighted by Crippen LogP contribution is 2.17. The second-order valence-electron chi connectivity index (χ2n) is 3.33. The molecule has 0 unspecified atom stereocenters. The smallest absolute Gasteiger partial charge is 0.230 e. The van der Waals surface area contributed by atoms with Gasteiger partial charge in [-0.3, -0.25) is 9.59 Å². The summed E-state index contributed by atoms with van der Waals surface area (Å²) < 4.78 is 0. The fraction of sp³-hybridized carbons (Fsp3) is 0.333. The van der Waals surface area contributed by atoms with Gasteiger partial charge in [0.25, 0.3) is 0 Å². The van der Waals surface area contributed by atoms with E-state index in [2.05, 4.69) is 5.32 Å². The van der Waals surface area contributed by atoms with Crippen LogP contribution in [-0.2, 0) is 4.79 Å². The summed E-state index contributed by atoms with van der Waals surface area (Å²) in [5.41, 5.74) is 0.653. The van der Waals surface area contributed by atoms with Gasteiger partial charge in [-0.2, -0.15) is 0 Å². The van der Waals surface area contributed by atoms with Gasteiger partial charge in [-0.25, -0.2) is 0 Å². The van der Waals surface area contributed by atoms with Crippen molar-refractivity contribution in [3.8, 4) is 0 Å². The van der Waals surface area contributed by atoms with E-state index in [9.17, 15) is 9.59 Å². The molecule has 86 valence electrons. The molecule has 0 spiro atoms. The van der Waals surface area contributed by atoms with Crippen molar-refractivity contribution in [3.05, 3.63) is 29.8 Å². The maximum absolute atomic E-state index is 11.3. The average molecular weight is 237 g/mol. The molecule has 0 saturated heterocycles. The van der Waals surface area contributed by atoms with Crippen molar-refractivity contribution >= 4 is 24.0 Å². The number of rotatable bonds is 6. The van der Waals surface area contributed by atoms with Crippen LogP contribution in [0.2, 0.25) is 0 Å². The maximum atomic E-state index is 11.3. The summed E-state index contributed by atoms with van der Waals surface area (Å²) in [6.07, 6.45) is 1.76. The summed E-state index contributed by atoms with van der Waals surface area (Å²) in [4.78, 5) is 22.7. The molecule has 1 amide bonds. The van der Waals surface area contributed by atoms with Crippen molar-refractivity contribution in [2.75, 3.05) is 12.3 Å². The minimum absolute atomic E-state index is 0.0475. The zero-order chi connectivity index (χ0) is 11.8. The fourth-order valence-corrected chi connectivity index (χ4v) is 1.84. The molecule has 0 saturated carbocycles. The van der Waals surface area contributed by atoms with Gasteiger partial charge < -0.3 is 5.32 Å². The molecule has 0 bridgehead atoms. The predicted octanol–water partition coefficient (Wildman–Crippen LogP) is 2.12. The average Bonchev–Trinajstić information content (AvgIpc) is 2.34. The lowest BCUT2D eigenvalue weighted by atomic mass is 10.2.